The molecular formula is C17H14N2O2. The van der Waals surface area contributed by atoms with Crippen LogP contribution in [0.3, 0.4) is 0 Å². The lowest BCUT2D eigenvalue weighted by molar-refractivity contribution is 0.339. The summed E-state index contributed by atoms with van der Waals surface area (Å²) in [6.45, 7) is 0.564. The summed E-state index contributed by atoms with van der Waals surface area (Å²) in [5.74, 6) is 1.61. The Morgan fingerprint density at radius 3 is 2.86 bits per heavy atom. The number of nitrogens with one attached hydrogen (secondary N) is 2. The molecule has 2 N–H and O–H groups in total. The van der Waals surface area contributed by atoms with Crippen LogP contribution in [-0.4, -0.2) is 11.6 Å². The molecule has 21 heavy (non-hydrogen) atoms. The molecule has 0 fully saturated rings. The summed E-state index contributed by atoms with van der Waals surface area (Å²) in [5, 5.41) is 4.98. The van der Waals surface area contributed by atoms with E-state index in [2.05, 4.69) is 10.3 Å². The van der Waals surface area contributed by atoms with Crippen LogP contribution in [0.25, 0.3) is 10.8 Å². The fourth-order valence-electron chi connectivity index (χ4n) is 2.76. The molecule has 1 aromatic heterocycles. The number of hydrogen-bond donors (Lipinski definition) is 2. The summed E-state index contributed by atoms with van der Waals surface area (Å²) in [7, 11) is 0. The van der Waals surface area contributed by atoms with E-state index in [1.54, 1.807) is 0 Å². The summed E-state index contributed by atoms with van der Waals surface area (Å²) in [5.41, 5.74) is 1.04. The van der Waals surface area contributed by atoms with Gasteiger partial charge in [-0.25, -0.2) is 0 Å². The van der Waals surface area contributed by atoms with Crippen LogP contribution >= 0.6 is 0 Å². The van der Waals surface area contributed by atoms with E-state index in [0.29, 0.717) is 17.8 Å². The number of pyridine rings is 1. The van der Waals surface area contributed by atoms with Crippen molar-refractivity contribution in [1.29, 1.82) is 0 Å². The van der Waals surface area contributed by atoms with Crippen LogP contribution in [0.5, 0.6) is 5.75 Å². The molecule has 4 rings (SSSR count). The second kappa shape index (κ2) is 4.66. The minimum absolute atomic E-state index is 0.0537. The minimum Gasteiger partial charge on any atom is -0.491 e. The number of aromatic nitrogens is 1. The molecular weight excluding hydrogens is 264 g/mol. The quantitative estimate of drug-likeness (QED) is 0.757. The zero-order valence-electron chi connectivity index (χ0n) is 11.3. The number of fused-ring (bicyclic) bond motifs is 2. The van der Waals surface area contributed by atoms with Crippen molar-refractivity contribution >= 4 is 16.6 Å². The van der Waals surface area contributed by atoms with Gasteiger partial charge in [0.1, 0.15) is 18.2 Å². The SMILES string of the molecule is O=c1[nH]c(NC2COc3ccccc32)cc2ccccc12. The number of ether oxygens (including phenoxy) is 1. The standard InChI is InChI=1S/C17H14N2O2/c20-17-12-6-2-1-5-11(12)9-16(19-17)18-14-10-21-15-8-4-3-7-13(14)15/h1-9,14H,10H2,(H2,18,19,20). The molecule has 1 aliphatic rings. The lowest BCUT2D eigenvalue weighted by Crippen LogP contribution is -2.16. The molecule has 0 radical (unpaired) electrons. The molecule has 3 aromatic rings. The Hall–Kier alpha value is -2.75. The summed E-state index contributed by atoms with van der Waals surface area (Å²) in [6, 6.07) is 17.5. The highest BCUT2D eigenvalue weighted by atomic mass is 16.5. The highest BCUT2D eigenvalue weighted by molar-refractivity contribution is 5.83. The Balaban J connectivity index is 1.71. The van der Waals surface area contributed by atoms with Crippen molar-refractivity contribution < 1.29 is 4.74 Å². The molecule has 1 unspecified atom stereocenters. The highest BCUT2D eigenvalue weighted by Crippen LogP contribution is 2.33. The van der Waals surface area contributed by atoms with Gasteiger partial charge in [0.2, 0.25) is 0 Å². The molecule has 0 aliphatic carbocycles. The average Bonchev–Trinajstić information content (AvgIpc) is 2.91. The van der Waals surface area contributed by atoms with Crippen molar-refractivity contribution in [3.8, 4) is 5.75 Å². The van der Waals surface area contributed by atoms with Crippen molar-refractivity contribution in [2.45, 2.75) is 6.04 Å². The average molecular weight is 278 g/mol. The predicted octanol–water partition coefficient (Wildman–Crippen LogP) is 3.07. The smallest absolute Gasteiger partial charge is 0.257 e. The number of benzene rings is 2. The van der Waals surface area contributed by atoms with Crippen LogP contribution in [-0.2, 0) is 0 Å². The van der Waals surface area contributed by atoms with E-state index >= 15 is 0 Å². The van der Waals surface area contributed by atoms with Gasteiger partial charge in [-0.3, -0.25) is 4.79 Å². The van der Waals surface area contributed by atoms with Gasteiger partial charge in [0.15, 0.2) is 0 Å². The van der Waals surface area contributed by atoms with Crippen LogP contribution in [0.15, 0.2) is 59.4 Å². The molecule has 0 spiro atoms. The molecule has 4 nitrogen and oxygen atoms in total. The molecule has 0 saturated heterocycles. The molecule has 2 heterocycles. The Morgan fingerprint density at radius 2 is 1.90 bits per heavy atom. The third-order valence-corrected chi connectivity index (χ3v) is 3.78. The van der Waals surface area contributed by atoms with E-state index in [4.69, 9.17) is 4.74 Å². The first kappa shape index (κ1) is 12.0. The molecule has 104 valence electrons. The van der Waals surface area contributed by atoms with Gasteiger partial charge in [0, 0.05) is 10.9 Å². The number of anilines is 1. The van der Waals surface area contributed by atoms with Gasteiger partial charge in [-0.2, -0.15) is 0 Å². The van der Waals surface area contributed by atoms with Crippen LogP contribution in [0.4, 0.5) is 5.82 Å². The van der Waals surface area contributed by atoms with Gasteiger partial charge in [0.05, 0.1) is 6.04 Å². The number of H-pyrrole nitrogens is 1. The first-order valence-electron chi connectivity index (χ1n) is 6.91. The topological polar surface area (TPSA) is 54.1 Å². The zero-order valence-corrected chi connectivity index (χ0v) is 11.3. The summed E-state index contributed by atoms with van der Waals surface area (Å²) < 4.78 is 5.65. The fourth-order valence-corrected chi connectivity index (χ4v) is 2.76. The van der Waals surface area contributed by atoms with Crippen LogP contribution < -0.4 is 15.6 Å². The van der Waals surface area contributed by atoms with Crippen LogP contribution in [0, 0.1) is 0 Å². The van der Waals surface area contributed by atoms with Gasteiger partial charge in [0.25, 0.3) is 5.56 Å². The monoisotopic (exact) mass is 278 g/mol. The molecule has 0 bridgehead atoms. The van der Waals surface area contributed by atoms with Crippen LogP contribution in [0.2, 0.25) is 0 Å². The first-order valence-corrected chi connectivity index (χ1v) is 6.91. The predicted molar refractivity (Wildman–Crippen MR) is 82.9 cm³/mol. The molecule has 1 aliphatic heterocycles. The minimum atomic E-state index is -0.0807. The number of rotatable bonds is 2. The van der Waals surface area contributed by atoms with Gasteiger partial charge in [-0.1, -0.05) is 36.4 Å². The molecule has 0 amide bonds. The second-order valence-corrected chi connectivity index (χ2v) is 5.15. The maximum Gasteiger partial charge on any atom is 0.257 e. The molecule has 0 saturated carbocycles. The van der Waals surface area contributed by atoms with Crippen molar-refractivity contribution in [3.63, 3.8) is 0 Å². The van der Waals surface area contributed by atoms with E-state index in [0.717, 1.165) is 16.7 Å². The Labute approximate surface area is 121 Å². The largest absolute Gasteiger partial charge is 0.491 e. The van der Waals surface area contributed by atoms with Gasteiger partial charge < -0.3 is 15.0 Å². The van der Waals surface area contributed by atoms with Crippen molar-refractivity contribution in [2.75, 3.05) is 11.9 Å². The Kier molecular flexibility index (Phi) is 2.67. The van der Waals surface area contributed by atoms with E-state index in [1.165, 1.54) is 0 Å². The molecule has 2 aromatic carbocycles. The maximum atomic E-state index is 12.1. The summed E-state index contributed by atoms with van der Waals surface area (Å²) >= 11 is 0. The van der Waals surface area contributed by atoms with Gasteiger partial charge in [-0.15, -0.1) is 0 Å². The summed E-state index contributed by atoms with van der Waals surface area (Å²) in [4.78, 5) is 15.0. The fraction of sp³-hybridized carbons (Fsp3) is 0.118. The van der Waals surface area contributed by atoms with E-state index < -0.39 is 0 Å². The normalized spacial score (nSPS) is 16.5. The maximum absolute atomic E-state index is 12.1. The van der Waals surface area contributed by atoms with E-state index in [-0.39, 0.29) is 11.6 Å². The Morgan fingerprint density at radius 1 is 1.10 bits per heavy atom. The molecule has 4 heteroatoms. The Bertz CT molecular complexity index is 870. The third kappa shape index (κ3) is 2.05. The lowest BCUT2D eigenvalue weighted by atomic mass is 10.1. The van der Waals surface area contributed by atoms with Gasteiger partial charge >= 0.3 is 0 Å². The zero-order chi connectivity index (χ0) is 14.2. The highest BCUT2D eigenvalue weighted by Gasteiger charge is 2.23. The van der Waals surface area contributed by atoms with Crippen molar-refractivity contribution in [3.05, 3.63) is 70.5 Å². The van der Waals surface area contributed by atoms with E-state index in [9.17, 15) is 4.79 Å². The first-order chi connectivity index (χ1) is 10.3. The van der Waals surface area contributed by atoms with Gasteiger partial charge in [-0.05, 0) is 23.6 Å². The number of aromatic amines is 1. The third-order valence-electron chi connectivity index (χ3n) is 3.78. The number of para-hydroxylation sites is 1. The van der Waals surface area contributed by atoms with Crippen LogP contribution in [0.1, 0.15) is 11.6 Å². The van der Waals surface area contributed by atoms with Crippen molar-refractivity contribution in [2.24, 2.45) is 0 Å². The lowest BCUT2D eigenvalue weighted by Gasteiger charge is -2.13. The van der Waals surface area contributed by atoms with Crippen molar-refractivity contribution in [1.82, 2.24) is 4.98 Å². The molecule has 1 atom stereocenters. The summed E-state index contributed by atoms with van der Waals surface area (Å²) in [6.07, 6.45) is 0. The number of hydrogen-bond acceptors (Lipinski definition) is 3. The van der Waals surface area contributed by atoms with E-state index in [1.807, 2.05) is 54.6 Å². The second-order valence-electron chi connectivity index (χ2n) is 5.15.